The fourth-order valence-electron chi connectivity index (χ4n) is 2.01. The van der Waals surface area contributed by atoms with Crippen LogP contribution < -0.4 is 14.8 Å². The lowest BCUT2D eigenvalue weighted by atomic mass is 10.2. The predicted molar refractivity (Wildman–Crippen MR) is 99.9 cm³/mol. The number of nitrogens with one attached hydrogen (secondary N) is 1. The van der Waals surface area contributed by atoms with Crippen LogP contribution in [-0.4, -0.2) is 32.7 Å². The van der Waals surface area contributed by atoms with E-state index in [4.69, 9.17) is 49.0 Å². The number of ether oxygens (including phenoxy) is 3. The first-order chi connectivity index (χ1) is 12.4. The molecule has 0 saturated carbocycles. The first-order valence-corrected chi connectivity index (χ1v) is 8.33. The molecule has 0 spiro atoms. The summed E-state index contributed by atoms with van der Waals surface area (Å²) in [5.41, 5.74) is 0.372. The van der Waals surface area contributed by atoms with Gasteiger partial charge in [0.1, 0.15) is 11.5 Å². The molecule has 0 aliphatic carbocycles. The van der Waals surface area contributed by atoms with E-state index in [1.165, 1.54) is 38.5 Å². The second kappa shape index (κ2) is 8.98. The molecule has 2 aromatic rings. The molecule has 0 aromatic heterocycles. The van der Waals surface area contributed by atoms with Gasteiger partial charge in [-0.2, -0.15) is 0 Å². The predicted octanol–water partition coefficient (Wildman–Crippen LogP) is 4.46. The molecular formula is C17H14Cl3NO5. The highest BCUT2D eigenvalue weighted by molar-refractivity contribution is 6.43. The van der Waals surface area contributed by atoms with Gasteiger partial charge in [0.15, 0.2) is 6.61 Å². The molecule has 0 bridgehead atoms. The minimum Gasteiger partial charge on any atom is -0.495 e. The Morgan fingerprint density at radius 2 is 1.69 bits per heavy atom. The van der Waals surface area contributed by atoms with Crippen molar-refractivity contribution in [3.8, 4) is 11.5 Å². The maximum atomic E-state index is 12.1. The summed E-state index contributed by atoms with van der Waals surface area (Å²) in [7, 11) is 2.89. The number of carbonyl (C=O) groups is 2. The van der Waals surface area contributed by atoms with E-state index in [1.54, 1.807) is 6.07 Å². The number of rotatable bonds is 6. The lowest BCUT2D eigenvalue weighted by Crippen LogP contribution is -2.21. The van der Waals surface area contributed by atoms with Crippen LogP contribution in [0.1, 0.15) is 10.4 Å². The normalized spacial score (nSPS) is 10.2. The minimum atomic E-state index is -0.771. The molecule has 1 N–H and O–H groups in total. The molecule has 0 radical (unpaired) electrons. The van der Waals surface area contributed by atoms with Crippen molar-refractivity contribution in [1.29, 1.82) is 0 Å². The third-order valence-electron chi connectivity index (χ3n) is 3.25. The zero-order chi connectivity index (χ0) is 19.3. The average molecular weight is 419 g/mol. The fourth-order valence-corrected chi connectivity index (χ4v) is 2.63. The quantitative estimate of drug-likeness (QED) is 0.701. The molecule has 2 rings (SSSR count). The second-order valence-electron chi connectivity index (χ2n) is 4.91. The second-order valence-corrected chi connectivity index (χ2v) is 6.11. The molecule has 0 saturated heterocycles. The van der Waals surface area contributed by atoms with Gasteiger partial charge >= 0.3 is 5.97 Å². The van der Waals surface area contributed by atoms with E-state index in [2.05, 4.69) is 5.32 Å². The van der Waals surface area contributed by atoms with Gasteiger partial charge in [0, 0.05) is 6.07 Å². The van der Waals surface area contributed by atoms with Gasteiger partial charge in [0.25, 0.3) is 5.91 Å². The zero-order valence-corrected chi connectivity index (χ0v) is 16.0. The average Bonchev–Trinajstić information content (AvgIpc) is 2.62. The van der Waals surface area contributed by atoms with Crippen LogP contribution in [0.5, 0.6) is 11.5 Å². The molecule has 1 amide bonds. The number of hydrogen-bond donors (Lipinski definition) is 1. The van der Waals surface area contributed by atoms with Gasteiger partial charge in [-0.1, -0.05) is 40.9 Å². The van der Waals surface area contributed by atoms with Gasteiger partial charge in [-0.25, -0.2) is 4.79 Å². The maximum absolute atomic E-state index is 12.1. The van der Waals surface area contributed by atoms with Gasteiger partial charge in [0.2, 0.25) is 0 Å². The van der Waals surface area contributed by atoms with Crippen molar-refractivity contribution in [2.24, 2.45) is 0 Å². The van der Waals surface area contributed by atoms with Crippen LogP contribution in [0, 0.1) is 0 Å². The largest absolute Gasteiger partial charge is 0.495 e. The van der Waals surface area contributed by atoms with Crippen LogP contribution in [0.15, 0.2) is 30.3 Å². The number of benzene rings is 2. The van der Waals surface area contributed by atoms with Crippen molar-refractivity contribution in [1.82, 2.24) is 0 Å². The van der Waals surface area contributed by atoms with Crippen molar-refractivity contribution < 1.29 is 23.8 Å². The Morgan fingerprint density at radius 3 is 2.35 bits per heavy atom. The van der Waals surface area contributed by atoms with E-state index in [-0.39, 0.29) is 20.6 Å². The molecule has 0 fully saturated rings. The zero-order valence-electron chi connectivity index (χ0n) is 13.8. The first kappa shape index (κ1) is 20.2. The Morgan fingerprint density at radius 1 is 1.00 bits per heavy atom. The lowest BCUT2D eigenvalue weighted by molar-refractivity contribution is -0.119. The number of amides is 1. The summed E-state index contributed by atoms with van der Waals surface area (Å²) >= 11 is 17.8. The monoisotopic (exact) mass is 417 g/mol. The number of esters is 1. The Hall–Kier alpha value is -2.15. The topological polar surface area (TPSA) is 73.9 Å². The number of anilines is 1. The molecule has 6 nitrogen and oxygen atoms in total. The van der Waals surface area contributed by atoms with Crippen LogP contribution in [0.4, 0.5) is 5.69 Å². The van der Waals surface area contributed by atoms with E-state index >= 15 is 0 Å². The Kier molecular flexibility index (Phi) is 6.97. The number of halogens is 3. The van der Waals surface area contributed by atoms with Gasteiger partial charge in [-0.05, 0) is 18.2 Å². The molecule has 0 aliphatic heterocycles. The maximum Gasteiger partial charge on any atom is 0.340 e. The summed E-state index contributed by atoms with van der Waals surface area (Å²) in [4.78, 5) is 24.1. The van der Waals surface area contributed by atoms with Crippen molar-refractivity contribution in [2.45, 2.75) is 0 Å². The third-order valence-corrected chi connectivity index (χ3v) is 4.37. The molecule has 0 unspecified atom stereocenters. The van der Waals surface area contributed by atoms with Crippen molar-refractivity contribution in [3.05, 3.63) is 51.0 Å². The Bertz CT molecular complexity index is 841. The van der Waals surface area contributed by atoms with Gasteiger partial charge in [-0.15, -0.1) is 0 Å². The smallest absolute Gasteiger partial charge is 0.340 e. The van der Waals surface area contributed by atoms with Crippen LogP contribution in [-0.2, 0) is 9.53 Å². The molecular weight excluding hydrogens is 405 g/mol. The molecule has 0 atom stereocenters. The lowest BCUT2D eigenvalue weighted by Gasteiger charge is -2.13. The summed E-state index contributed by atoms with van der Waals surface area (Å²) in [6.07, 6.45) is 0. The molecule has 26 heavy (non-hydrogen) atoms. The number of methoxy groups -OCH3 is 2. The molecule has 0 aliphatic rings. The highest BCUT2D eigenvalue weighted by atomic mass is 35.5. The van der Waals surface area contributed by atoms with Gasteiger partial charge in [-0.3, -0.25) is 4.79 Å². The van der Waals surface area contributed by atoms with Crippen LogP contribution >= 0.6 is 34.8 Å². The standard InChI is InChI=1S/C17H14Cl3NO5/c1-24-13-7-14(25-2)12(6-11(13)19)21-15(22)8-26-17(23)9-4-3-5-10(18)16(9)20/h3-7H,8H2,1-2H3,(H,21,22). The fraction of sp³-hybridized carbons (Fsp3) is 0.176. The SMILES string of the molecule is COc1cc(OC)c(NC(=O)COC(=O)c2cccc(Cl)c2Cl)cc1Cl. The van der Waals surface area contributed by atoms with Gasteiger partial charge in [0.05, 0.1) is 40.5 Å². The van der Waals surface area contributed by atoms with Crippen LogP contribution in [0.3, 0.4) is 0 Å². The summed E-state index contributed by atoms with van der Waals surface area (Å²) in [5.74, 6) is -0.629. The highest BCUT2D eigenvalue weighted by Gasteiger charge is 2.17. The molecule has 9 heteroatoms. The third kappa shape index (κ3) is 4.72. The summed E-state index contributed by atoms with van der Waals surface area (Å²) in [5, 5.41) is 3.10. The van der Waals surface area contributed by atoms with E-state index in [1.807, 2.05) is 0 Å². The first-order valence-electron chi connectivity index (χ1n) is 7.20. The van der Waals surface area contributed by atoms with Crippen molar-refractivity contribution in [2.75, 3.05) is 26.1 Å². The molecule has 0 heterocycles. The highest BCUT2D eigenvalue weighted by Crippen LogP contribution is 2.35. The molecule has 2 aromatic carbocycles. The van der Waals surface area contributed by atoms with E-state index in [0.717, 1.165) is 0 Å². The summed E-state index contributed by atoms with van der Waals surface area (Å²) < 4.78 is 15.2. The molecule has 138 valence electrons. The summed E-state index contributed by atoms with van der Waals surface area (Å²) in [6, 6.07) is 7.52. The van der Waals surface area contributed by atoms with E-state index in [0.29, 0.717) is 17.2 Å². The van der Waals surface area contributed by atoms with E-state index in [9.17, 15) is 9.59 Å². The summed E-state index contributed by atoms with van der Waals surface area (Å²) in [6.45, 7) is -0.533. The Balaban J connectivity index is 2.04. The number of hydrogen-bond acceptors (Lipinski definition) is 5. The van der Waals surface area contributed by atoms with Crippen molar-refractivity contribution >= 4 is 52.4 Å². The van der Waals surface area contributed by atoms with E-state index < -0.39 is 18.5 Å². The number of carbonyl (C=O) groups excluding carboxylic acids is 2. The Labute approximate surface area is 164 Å². The van der Waals surface area contributed by atoms with Crippen LogP contribution in [0.2, 0.25) is 15.1 Å². The van der Waals surface area contributed by atoms with Crippen LogP contribution in [0.25, 0.3) is 0 Å². The van der Waals surface area contributed by atoms with Gasteiger partial charge < -0.3 is 19.5 Å². The minimum absolute atomic E-state index is 0.0585. The van der Waals surface area contributed by atoms with Crippen molar-refractivity contribution in [3.63, 3.8) is 0 Å².